The summed E-state index contributed by atoms with van der Waals surface area (Å²) < 4.78 is 0. The summed E-state index contributed by atoms with van der Waals surface area (Å²) in [6, 6.07) is 2.49. The zero-order valence-corrected chi connectivity index (χ0v) is 10.4. The Labute approximate surface area is 101 Å². The van der Waals surface area contributed by atoms with Gasteiger partial charge in [0.2, 0.25) is 0 Å². The largest absolute Gasteiger partial charge is 0.351 e. The normalized spacial score (nSPS) is 24.9. The summed E-state index contributed by atoms with van der Waals surface area (Å²) >= 11 is 0. The zero-order chi connectivity index (χ0) is 12.3. The molecule has 1 aromatic rings. The highest BCUT2D eigenvalue weighted by Crippen LogP contribution is 2.18. The van der Waals surface area contributed by atoms with Crippen molar-refractivity contribution in [2.24, 2.45) is 0 Å². The Balaban J connectivity index is 2.23. The Bertz CT molecular complexity index is 417. The van der Waals surface area contributed by atoms with Crippen molar-refractivity contribution in [1.29, 1.82) is 0 Å². The molecule has 2 heterocycles. The number of hydrogen-bond donors (Lipinski definition) is 2. The summed E-state index contributed by atoms with van der Waals surface area (Å²) in [7, 11) is 0. The van der Waals surface area contributed by atoms with Gasteiger partial charge in [-0.05, 0) is 12.8 Å². The van der Waals surface area contributed by atoms with Crippen molar-refractivity contribution in [1.82, 2.24) is 15.3 Å². The third kappa shape index (κ3) is 2.66. The minimum Gasteiger partial charge on any atom is -0.351 e. The summed E-state index contributed by atoms with van der Waals surface area (Å²) in [4.78, 5) is 20.4. The number of aromatic amines is 1. The molecule has 2 rings (SSSR count). The first-order valence-corrected chi connectivity index (χ1v) is 6.29. The molecule has 0 spiro atoms. The molecule has 0 saturated carbocycles. The molecule has 0 aromatic carbocycles. The smallest absolute Gasteiger partial charge is 0.252 e. The quantitative estimate of drug-likeness (QED) is 0.812. The molecule has 17 heavy (non-hydrogen) atoms. The molecule has 0 bridgehead atoms. The lowest BCUT2D eigenvalue weighted by molar-refractivity contribution is 0.376. The number of aromatic nitrogens is 2. The van der Waals surface area contributed by atoms with Gasteiger partial charge in [-0.1, -0.05) is 13.8 Å². The molecule has 94 valence electrons. The molecule has 1 saturated heterocycles. The maximum absolute atomic E-state index is 11.3. The number of anilines is 1. The fourth-order valence-corrected chi connectivity index (χ4v) is 2.30. The Hall–Kier alpha value is -1.36. The Morgan fingerprint density at radius 1 is 1.47 bits per heavy atom. The topological polar surface area (TPSA) is 61.0 Å². The molecule has 1 aliphatic rings. The summed E-state index contributed by atoms with van der Waals surface area (Å²) in [5, 5.41) is 3.53. The third-order valence-corrected chi connectivity index (χ3v) is 3.42. The number of hydrogen-bond acceptors (Lipinski definition) is 4. The van der Waals surface area contributed by atoms with Crippen LogP contribution in [0.15, 0.2) is 17.2 Å². The van der Waals surface area contributed by atoms with Crippen LogP contribution in [0.2, 0.25) is 0 Å². The van der Waals surface area contributed by atoms with Crippen molar-refractivity contribution in [3.63, 3.8) is 0 Å². The van der Waals surface area contributed by atoms with Crippen LogP contribution in [-0.2, 0) is 0 Å². The van der Waals surface area contributed by atoms with Gasteiger partial charge in [0, 0.05) is 31.2 Å². The minimum absolute atomic E-state index is 0.0866. The first-order valence-electron chi connectivity index (χ1n) is 6.29. The molecule has 5 nitrogen and oxygen atoms in total. The van der Waals surface area contributed by atoms with Crippen LogP contribution in [0.4, 0.5) is 5.82 Å². The molecule has 1 fully saturated rings. The maximum Gasteiger partial charge on any atom is 0.252 e. The van der Waals surface area contributed by atoms with E-state index in [9.17, 15) is 4.79 Å². The zero-order valence-electron chi connectivity index (χ0n) is 10.4. The van der Waals surface area contributed by atoms with Crippen LogP contribution in [0.3, 0.4) is 0 Å². The first kappa shape index (κ1) is 12.1. The van der Waals surface area contributed by atoms with Crippen molar-refractivity contribution in [2.75, 3.05) is 18.0 Å². The lowest BCUT2D eigenvalue weighted by Crippen LogP contribution is -2.56. The van der Waals surface area contributed by atoms with Gasteiger partial charge in [-0.2, -0.15) is 0 Å². The van der Waals surface area contributed by atoms with E-state index in [0.29, 0.717) is 12.1 Å². The van der Waals surface area contributed by atoms with E-state index in [4.69, 9.17) is 0 Å². The van der Waals surface area contributed by atoms with Crippen LogP contribution in [0.25, 0.3) is 0 Å². The Kier molecular flexibility index (Phi) is 3.78. The number of nitrogens with zero attached hydrogens (tertiary/aromatic N) is 2. The van der Waals surface area contributed by atoms with E-state index in [2.05, 4.69) is 34.0 Å². The number of nitrogens with one attached hydrogen (secondary N) is 2. The summed E-state index contributed by atoms with van der Waals surface area (Å²) in [6.07, 6.45) is 3.63. The Morgan fingerprint density at radius 2 is 2.29 bits per heavy atom. The fraction of sp³-hybridized carbons (Fsp3) is 0.667. The van der Waals surface area contributed by atoms with Crippen LogP contribution in [0.5, 0.6) is 0 Å². The van der Waals surface area contributed by atoms with Crippen molar-refractivity contribution >= 4 is 5.82 Å². The van der Waals surface area contributed by atoms with E-state index in [1.807, 2.05) is 0 Å². The van der Waals surface area contributed by atoms with E-state index in [0.717, 1.165) is 31.7 Å². The predicted octanol–water partition coefficient (Wildman–Crippen LogP) is 0.737. The molecule has 1 aromatic heterocycles. The van der Waals surface area contributed by atoms with Gasteiger partial charge >= 0.3 is 0 Å². The second-order valence-electron chi connectivity index (χ2n) is 4.50. The fourth-order valence-electron chi connectivity index (χ4n) is 2.30. The SMILES string of the molecule is CCC1CN(c2cc(=O)[nH]cn2)C(CC)CN1. The van der Waals surface area contributed by atoms with Gasteiger partial charge in [0.1, 0.15) is 5.82 Å². The average Bonchev–Trinajstić information content (AvgIpc) is 2.38. The Morgan fingerprint density at radius 3 is 2.94 bits per heavy atom. The second-order valence-corrected chi connectivity index (χ2v) is 4.50. The van der Waals surface area contributed by atoms with E-state index >= 15 is 0 Å². The average molecular weight is 236 g/mol. The van der Waals surface area contributed by atoms with Gasteiger partial charge in [-0.3, -0.25) is 4.79 Å². The molecule has 5 heteroatoms. The highest BCUT2D eigenvalue weighted by Gasteiger charge is 2.26. The van der Waals surface area contributed by atoms with Crippen molar-refractivity contribution < 1.29 is 0 Å². The highest BCUT2D eigenvalue weighted by atomic mass is 16.1. The van der Waals surface area contributed by atoms with Gasteiger partial charge in [-0.15, -0.1) is 0 Å². The molecule has 2 N–H and O–H groups in total. The highest BCUT2D eigenvalue weighted by molar-refractivity contribution is 5.39. The van der Waals surface area contributed by atoms with Crippen LogP contribution in [0, 0.1) is 0 Å². The predicted molar refractivity (Wildman–Crippen MR) is 68.4 cm³/mol. The van der Waals surface area contributed by atoms with Gasteiger partial charge in [-0.25, -0.2) is 4.98 Å². The van der Waals surface area contributed by atoms with Crippen molar-refractivity contribution in [2.45, 2.75) is 38.8 Å². The van der Waals surface area contributed by atoms with Crippen LogP contribution >= 0.6 is 0 Å². The van der Waals surface area contributed by atoms with E-state index in [1.165, 1.54) is 6.33 Å². The maximum atomic E-state index is 11.3. The number of H-pyrrole nitrogens is 1. The molecule has 2 unspecified atom stereocenters. The van der Waals surface area contributed by atoms with Gasteiger partial charge in [0.25, 0.3) is 5.56 Å². The molecular formula is C12H20N4O. The van der Waals surface area contributed by atoms with Gasteiger partial charge in [0.05, 0.1) is 6.33 Å². The molecule has 1 aliphatic heterocycles. The molecule has 2 atom stereocenters. The van der Waals surface area contributed by atoms with Crippen LogP contribution in [0.1, 0.15) is 26.7 Å². The number of rotatable bonds is 3. The monoisotopic (exact) mass is 236 g/mol. The molecular weight excluding hydrogens is 216 g/mol. The molecule has 0 amide bonds. The van der Waals surface area contributed by atoms with Gasteiger partial charge in [0.15, 0.2) is 0 Å². The first-order chi connectivity index (χ1) is 8.24. The van der Waals surface area contributed by atoms with Crippen molar-refractivity contribution in [3.05, 3.63) is 22.7 Å². The van der Waals surface area contributed by atoms with Crippen LogP contribution in [-0.4, -0.2) is 35.1 Å². The van der Waals surface area contributed by atoms with Crippen molar-refractivity contribution in [3.8, 4) is 0 Å². The summed E-state index contributed by atoms with van der Waals surface area (Å²) in [6.45, 7) is 6.22. The van der Waals surface area contributed by atoms with E-state index in [-0.39, 0.29) is 5.56 Å². The second kappa shape index (κ2) is 5.31. The minimum atomic E-state index is -0.0866. The molecule has 0 aliphatic carbocycles. The third-order valence-electron chi connectivity index (χ3n) is 3.42. The lowest BCUT2D eigenvalue weighted by Gasteiger charge is -2.40. The van der Waals surface area contributed by atoms with E-state index in [1.54, 1.807) is 6.07 Å². The summed E-state index contributed by atoms with van der Waals surface area (Å²) in [5.41, 5.74) is -0.0866. The van der Waals surface area contributed by atoms with E-state index < -0.39 is 0 Å². The summed E-state index contributed by atoms with van der Waals surface area (Å²) in [5.74, 6) is 0.792. The lowest BCUT2D eigenvalue weighted by atomic mass is 10.1. The standard InChI is InChI=1S/C12H20N4O/c1-3-9-7-16(10(4-2)6-13-9)11-5-12(17)15-8-14-11/h5,8-10,13H,3-4,6-7H2,1-2H3,(H,14,15,17). The van der Waals surface area contributed by atoms with Crippen LogP contribution < -0.4 is 15.8 Å². The molecule has 0 radical (unpaired) electrons. The number of piperazine rings is 1. The van der Waals surface area contributed by atoms with Gasteiger partial charge < -0.3 is 15.2 Å².